The fraction of sp³-hybridized carbons (Fsp3) is 0.700. The highest BCUT2D eigenvalue weighted by atomic mass is 16.5. The van der Waals surface area contributed by atoms with Gasteiger partial charge in [-0.1, -0.05) is 13.8 Å². The molecule has 1 amide bonds. The molecule has 1 aliphatic heterocycles. The Morgan fingerprint density at radius 2 is 2.04 bits per heavy atom. The van der Waals surface area contributed by atoms with Crippen LogP contribution in [0.25, 0.3) is 0 Å². The van der Waals surface area contributed by atoms with Crippen LogP contribution < -0.4 is 0 Å². The zero-order valence-corrected chi connectivity index (χ0v) is 16.3. The molecule has 0 aromatic carbocycles. The standard InChI is InChI=1S/C20H29N3O4/c1-4-26-19(24)11-23(20(25)17-10-21-5-6-22-17)16-7-14-9-18(13(2)3)27-12-15(14)8-16/h5-6,10,13-16,18H,4,7-9,11-12H2,1-3H3/t14-,15+,16-,18-/m0/s1. The van der Waals surface area contributed by atoms with Crippen molar-refractivity contribution in [3.8, 4) is 0 Å². The van der Waals surface area contributed by atoms with E-state index in [1.54, 1.807) is 11.8 Å². The van der Waals surface area contributed by atoms with E-state index in [2.05, 4.69) is 23.8 Å². The maximum Gasteiger partial charge on any atom is 0.325 e. The number of carbonyl (C=O) groups excluding carboxylic acids is 2. The average Bonchev–Trinajstić information content (AvgIpc) is 3.09. The van der Waals surface area contributed by atoms with Gasteiger partial charge in [-0.25, -0.2) is 4.98 Å². The fourth-order valence-corrected chi connectivity index (χ4v) is 4.27. The van der Waals surface area contributed by atoms with Gasteiger partial charge in [0.15, 0.2) is 0 Å². The van der Waals surface area contributed by atoms with E-state index in [1.807, 2.05) is 0 Å². The van der Waals surface area contributed by atoms with Crippen LogP contribution in [0.3, 0.4) is 0 Å². The second-order valence-corrected chi connectivity index (χ2v) is 7.83. The Kier molecular flexibility index (Phi) is 6.42. The lowest BCUT2D eigenvalue weighted by Gasteiger charge is -2.34. The Balaban J connectivity index is 1.75. The van der Waals surface area contributed by atoms with Crippen molar-refractivity contribution in [2.45, 2.75) is 52.2 Å². The largest absolute Gasteiger partial charge is 0.465 e. The Morgan fingerprint density at radius 3 is 2.70 bits per heavy atom. The molecule has 0 radical (unpaired) electrons. The van der Waals surface area contributed by atoms with Gasteiger partial charge in [-0.05, 0) is 43.9 Å². The third-order valence-corrected chi connectivity index (χ3v) is 5.71. The van der Waals surface area contributed by atoms with E-state index in [0.29, 0.717) is 24.4 Å². The van der Waals surface area contributed by atoms with E-state index in [9.17, 15) is 9.59 Å². The number of ether oxygens (including phenoxy) is 2. The molecule has 1 aromatic heterocycles. The van der Waals surface area contributed by atoms with Crippen molar-refractivity contribution in [1.82, 2.24) is 14.9 Å². The summed E-state index contributed by atoms with van der Waals surface area (Å²) in [4.78, 5) is 34.9. The second kappa shape index (κ2) is 8.78. The average molecular weight is 375 g/mol. The van der Waals surface area contributed by atoms with Crippen LogP contribution in [0.1, 0.15) is 50.5 Å². The van der Waals surface area contributed by atoms with E-state index in [0.717, 1.165) is 25.9 Å². The van der Waals surface area contributed by atoms with Gasteiger partial charge in [0.2, 0.25) is 0 Å². The summed E-state index contributed by atoms with van der Waals surface area (Å²) in [6.07, 6.45) is 7.50. The highest BCUT2D eigenvalue weighted by molar-refractivity contribution is 5.94. The maximum absolute atomic E-state index is 13.0. The highest BCUT2D eigenvalue weighted by Crippen LogP contribution is 2.42. The fourth-order valence-electron chi connectivity index (χ4n) is 4.27. The van der Waals surface area contributed by atoms with Crippen LogP contribution >= 0.6 is 0 Å². The van der Waals surface area contributed by atoms with Crippen molar-refractivity contribution < 1.29 is 19.1 Å². The number of esters is 1. The van der Waals surface area contributed by atoms with Crippen molar-refractivity contribution >= 4 is 11.9 Å². The smallest absolute Gasteiger partial charge is 0.325 e. The van der Waals surface area contributed by atoms with Crippen molar-refractivity contribution in [1.29, 1.82) is 0 Å². The summed E-state index contributed by atoms with van der Waals surface area (Å²) in [5.41, 5.74) is 0.257. The van der Waals surface area contributed by atoms with Crippen LogP contribution in [0.15, 0.2) is 18.6 Å². The third-order valence-electron chi connectivity index (χ3n) is 5.71. The number of nitrogens with zero attached hydrogens (tertiary/aromatic N) is 3. The topological polar surface area (TPSA) is 81.6 Å². The van der Waals surface area contributed by atoms with Gasteiger partial charge >= 0.3 is 5.97 Å². The predicted octanol–water partition coefficient (Wildman–Crippen LogP) is 2.32. The summed E-state index contributed by atoms with van der Waals surface area (Å²) in [5, 5.41) is 0. The molecular formula is C20H29N3O4. The van der Waals surface area contributed by atoms with Crippen molar-refractivity contribution in [3.63, 3.8) is 0 Å². The molecule has 148 valence electrons. The lowest BCUT2D eigenvalue weighted by molar-refractivity contribution is -0.144. The summed E-state index contributed by atoms with van der Waals surface area (Å²) in [6.45, 7) is 7.11. The van der Waals surface area contributed by atoms with Crippen molar-refractivity contribution in [2.24, 2.45) is 17.8 Å². The predicted molar refractivity (Wildman–Crippen MR) is 98.9 cm³/mol. The monoisotopic (exact) mass is 375 g/mol. The third kappa shape index (κ3) is 4.64. The summed E-state index contributed by atoms with van der Waals surface area (Å²) < 4.78 is 11.1. The molecular weight excluding hydrogens is 346 g/mol. The van der Waals surface area contributed by atoms with E-state index in [-0.39, 0.29) is 36.3 Å². The first kappa shape index (κ1) is 19.7. The lowest BCUT2D eigenvalue weighted by Crippen LogP contribution is -2.43. The zero-order chi connectivity index (χ0) is 19.4. The number of rotatable bonds is 6. The number of hydrogen-bond acceptors (Lipinski definition) is 6. The number of fused-ring (bicyclic) bond motifs is 1. The zero-order valence-electron chi connectivity index (χ0n) is 16.3. The van der Waals surface area contributed by atoms with E-state index in [1.165, 1.54) is 18.6 Å². The van der Waals surface area contributed by atoms with Crippen LogP contribution in [-0.4, -0.2) is 58.6 Å². The molecule has 2 fully saturated rings. The lowest BCUT2D eigenvalue weighted by atomic mass is 9.85. The molecule has 1 aliphatic carbocycles. The summed E-state index contributed by atoms with van der Waals surface area (Å²) in [7, 11) is 0. The number of amides is 1. The molecule has 1 aromatic rings. The minimum Gasteiger partial charge on any atom is -0.465 e. The maximum atomic E-state index is 13.0. The first-order chi connectivity index (χ1) is 13.0. The quantitative estimate of drug-likeness (QED) is 0.710. The number of hydrogen-bond donors (Lipinski definition) is 0. The van der Waals surface area contributed by atoms with Gasteiger partial charge < -0.3 is 14.4 Å². The Hall–Kier alpha value is -2.02. The number of aromatic nitrogens is 2. The molecule has 0 unspecified atom stereocenters. The van der Waals surface area contributed by atoms with Gasteiger partial charge in [0, 0.05) is 18.4 Å². The van der Waals surface area contributed by atoms with Crippen LogP contribution in [-0.2, 0) is 14.3 Å². The van der Waals surface area contributed by atoms with E-state index >= 15 is 0 Å². The molecule has 0 spiro atoms. The molecule has 2 heterocycles. The normalized spacial score (nSPS) is 27.3. The number of carbonyl (C=O) groups is 2. The Bertz CT molecular complexity index is 652. The molecule has 27 heavy (non-hydrogen) atoms. The van der Waals surface area contributed by atoms with Crippen LogP contribution in [0, 0.1) is 17.8 Å². The van der Waals surface area contributed by atoms with Gasteiger partial charge in [0.05, 0.1) is 25.5 Å². The molecule has 1 saturated carbocycles. The summed E-state index contributed by atoms with van der Waals surface area (Å²) >= 11 is 0. The van der Waals surface area contributed by atoms with Crippen LogP contribution in [0.2, 0.25) is 0 Å². The van der Waals surface area contributed by atoms with Crippen LogP contribution in [0.5, 0.6) is 0 Å². The molecule has 1 saturated heterocycles. The molecule has 7 nitrogen and oxygen atoms in total. The molecule has 3 rings (SSSR count). The van der Waals surface area contributed by atoms with Gasteiger partial charge in [0.1, 0.15) is 12.2 Å². The van der Waals surface area contributed by atoms with Gasteiger partial charge in [-0.3, -0.25) is 14.6 Å². The summed E-state index contributed by atoms with van der Waals surface area (Å²) in [6, 6.07) is -0.00609. The Morgan fingerprint density at radius 1 is 1.26 bits per heavy atom. The highest BCUT2D eigenvalue weighted by Gasteiger charge is 2.43. The first-order valence-electron chi connectivity index (χ1n) is 9.83. The van der Waals surface area contributed by atoms with Gasteiger partial charge in [-0.15, -0.1) is 0 Å². The van der Waals surface area contributed by atoms with Crippen molar-refractivity contribution in [3.05, 3.63) is 24.3 Å². The Labute approximate surface area is 160 Å². The van der Waals surface area contributed by atoms with Gasteiger partial charge in [-0.2, -0.15) is 0 Å². The molecule has 7 heteroatoms. The minimum atomic E-state index is -0.388. The van der Waals surface area contributed by atoms with E-state index < -0.39 is 0 Å². The SMILES string of the molecule is CCOC(=O)CN(C(=O)c1cnccn1)[C@@H]1C[C@@H]2CO[C@H](C(C)C)C[C@@H]2C1. The molecule has 4 atom stereocenters. The van der Waals surface area contributed by atoms with Crippen LogP contribution in [0.4, 0.5) is 0 Å². The first-order valence-corrected chi connectivity index (χ1v) is 9.83. The van der Waals surface area contributed by atoms with Gasteiger partial charge in [0.25, 0.3) is 5.91 Å². The molecule has 0 bridgehead atoms. The van der Waals surface area contributed by atoms with E-state index in [4.69, 9.17) is 9.47 Å². The molecule has 2 aliphatic rings. The second-order valence-electron chi connectivity index (χ2n) is 7.83. The summed E-state index contributed by atoms with van der Waals surface area (Å²) in [5.74, 6) is 0.795. The van der Waals surface area contributed by atoms with Crippen molar-refractivity contribution in [2.75, 3.05) is 19.8 Å². The minimum absolute atomic E-state index is 0.00609. The molecule has 0 N–H and O–H groups in total.